The van der Waals surface area contributed by atoms with E-state index >= 15 is 0 Å². The Morgan fingerprint density at radius 2 is 1.49 bits per heavy atom. The molecule has 1 spiro atoms. The number of carbonyl (C=O) groups is 1. The number of aliphatic imine (C=N–C) groups is 2. The summed E-state index contributed by atoms with van der Waals surface area (Å²) < 4.78 is 27.8. The zero-order valence-corrected chi connectivity index (χ0v) is 22.5. The summed E-state index contributed by atoms with van der Waals surface area (Å²) in [5.41, 5.74) is 6.25. The molecule has 198 valence electrons. The van der Waals surface area contributed by atoms with Crippen molar-refractivity contribution in [1.82, 2.24) is 4.72 Å². The van der Waals surface area contributed by atoms with Gasteiger partial charge in [-0.25, -0.2) is 13.1 Å². The highest BCUT2D eigenvalue weighted by Crippen LogP contribution is 2.56. The summed E-state index contributed by atoms with van der Waals surface area (Å²) in [6.07, 6.45) is 10.7. The van der Waals surface area contributed by atoms with Gasteiger partial charge in [0.1, 0.15) is 0 Å². The van der Waals surface area contributed by atoms with Crippen molar-refractivity contribution in [3.8, 4) is 12.3 Å². The molecule has 1 aliphatic carbocycles. The summed E-state index contributed by atoms with van der Waals surface area (Å²) in [4.78, 5) is 23.4. The lowest BCUT2D eigenvalue weighted by molar-refractivity contribution is -0.119. The molecule has 1 fully saturated rings. The number of sulfonamides is 1. The van der Waals surface area contributed by atoms with Gasteiger partial charge in [0.25, 0.3) is 10.0 Å². The number of carbonyl (C=O) groups excluding carboxylic acids is 1. The van der Waals surface area contributed by atoms with Crippen molar-refractivity contribution in [2.75, 3.05) is 11.4 Å². The second-order valence-corrected chi connectivity index (χ2v) is 11.6. The molecule has 7 nitrogen and oxygen atoms in total. The third-order valence-corrected chi connectivity index (χ3v) is 9.18. The number of fused-ring (bicyclic) bond motifs is 4. The molecule has 0 bridgehead atoms. The highest BCUT2D eigenvalue weighted by molar-refractivity contribution is 7.90. The zero-order chi connectivity index (χ0) is 27.6. The van der Waals surface area contributed by atoms with E-state index < -0.39 is 15.9 Å². The molecule has 0 aromatic heterocycles. The van der Waals surface area contributed by atoms with Crippen LogP contribution in [0.1, 0.15) is 55.2 Å². The van der Waals surface area contributed by atoms with Gasteiger partial charge in [-0.3, -0.25) is 14.8 Å². The third-order valence-electron chi connectivity index (χ3n) is 7.79. The molecule has 2 aliphatic rings. The Hall–Kier alpha value is -4.22. The van der Waals surface area contributed by atoms with Gasteiger partial charge in [-0.2, -0.15) is 0 Å². The fraction of sp³-hybridized carbons (Fsp3) is 0.258. The first kappa shape index (κ1) is 26.4. The first-order valence-electron chi connectivity index (χ1n) is 12.9. The maximum atomic E-state index is 12.9. The van der Waals surface area contributed by atoms with Crippen LogP contribution in [-0.2, 0) is 20.2 Å². The van der Waals surface area contributed by atoms with Crippen LogP contribution < -0.4 is 9.62 Å². The van der Waals surface area contributed by atoms with Crippen LogP contribution in [0.4, 0.5) is 22.7 Å². The van der Waals surface area contributed by atoms with Crippen LogP contribution in [0.2, 0.25) is 0 Å². The molecule has 1 heterocycles. The number of amides is 1. The van der Waals surface area contributed by atoms with Crippen molar-refractivity contribution in [2.45, 2.75) is 48.8 Å². The predicted octanol–water partition coefficient (Wildman–Crippen LogP) is 5.93. The molecule has 3 aromatic rings. The first-order chi connectivity index (χ1) is 18.8. The number of nitrogens with one attached hydrogen (secondary N) is 1. The molecule has 0 saturated heterocycles. The van der Waals surface area contributed by atoms with Gasteiger partial charge in [-0.15, -0.1) is 6.42 Å². The zero-order valence-electron chi connectivity index (χ0n) is 21.7. The molecule has 0 radical (unpaired) electrons. The maximum absolute atomic E-state index is 12.9. The highest BCUT2D eigenvalue weighted by Gasteiger charge is 2.44. The first-order valence-corrected chi connectivity index (χ1v) is 14.4. The summed E-state index contributed by atoms with van der Waals surface area (Å²) in [5.74, 6) is 1.86. The van der Waals surface area contributed by atoms with E-state index in [0.717, 1.165) is 59.6 Å². The molecule has 39 heavy (non-hydrogen) atoms. The van der Waals surface area contributed by atoms with Gasteiger partial charge in [0.2, 0.25) is 5.91 Å². The molecule has 3 aromatic carbocycles. The van der Waals surface area contributed by atoms with E-state index in [1.807, 2.05) is 24.3 Å². The lowest BCUT2D eigenvalue weighted by Gasteiger charge is -2.47. The van der Waals surface area contributed by atoms with E-state index in [9.17, 15) is 13.2 Å². The minimum absolute atomic E-state index is 0.0170. The van der Waals surface area contributed by atoms with Crippen LogP contribution in [-0.4, -0.2) is 34.3 Å². The molecule has 1 aliphatic heterocycles. The lowest BCUT2D eigenvalue weighted by atomic mass is 9.62. The standard InChI is InChI=1S/C31H30N4O3S/c1-4-22-8-12-25(13-9-22)39(37,38)34-30(36)16-19-35-28-14-10-23(32-2)20-26(28)31(17-6-5-7-18-31)27-21-24(33-3)11-15-29(27)35/h1,8-15,20-21H,2-3,5-7,16-19H2,(H,34,36). The smallest absolute Gasteiger partial charge is 0.264 e. The van der Waals surface area contributed by atoms with Crippen LogP contribution in [0, 0.1) is 12.3 Å². The van der Waals surface area contributed by atoms with E-state index in [2.05, 4.69) is 51.1 Å². The Kier molecular flexibility index (Phi) is 7.11. The van der Waals surface area contributed by atoms with Crippen LogP contribution in [0.3, 0.4) is 0 Å². The Morgan fingerprint density at radius 3 is 2.00 bits per heavy atom. The van der Waals surface area contributed by atoms with E-state index in [4.69, 9.17) is 6.42 Å². The van der Waals surface area contributed by atoms with E-state index in [-0.39, 0.29) is 23.3 Å². The van der Waals surface area contributed by atoms with Crippen molar-refractivity contribution in [3.63, 3.8) is 0 Å². The summed E-state index contributed by atoms with van der Waals surface area (Å²) in [6.45, 7) is 7.74. The van der Waals surface area contributed by atoms with Gasteiger partial charge in [-0.05, 0) is 98.1 Å². The molecular weight excluding hydrogens is 508 g/mol. The van der Waals surface area contributed by atoms with Crippen molar-refractivity contribution < 1.29 is 13.2 Å². The number of hydrogen-bond acceptors (Lipinski definition) is 6. The average molecular weight is 539 g/mol. The topological polar surface area (TPSA) is 91.2 Å². The van der Waals surface area contributed by atoms with Crippen LogP contribution in [0.5, 0.6) is 0 Å². The van der Waals surface area contributed by atoms with E-state index in [1.165, 1.54) is 30.7 Å². The van der Waals surface area contributed by atoms with Crippen molar-refractivity contribution >= 4 is 52.1 Å². The average Bonchev–Trinajstić information content (AvgIpc) is 2.97. The second kappa shape index (κ2) is 10.5. The third kappa shape index (κ3) is 4.86. The lowest BCUT2D eigenvalue weighted by Crippen LogP contribution is -2.40. The predicted molar refractivity (Wildman–Crippen MR) is 156 cm³/mol. The fourth-order valence-electron chi connectivity index (χ4n) is 5.90. The number of rotatable bonds is 7. The van der Waals surface area contributed by atoms with Crippen molar-refractivity contribution in [3.05, 3.63) is 77.4 Å². The Balaban J connectivity index is 1.48. The normalized spacial score (nSPS) is 15.5. The van der Waals surface area contributed by atoms with Gasteiger partial charge in [0.05, 0.1) is 16.3 Å². The minimum Gasteiger partial charge on any atom is -0.340 e. The van der Waals surface area contributed by atoms with Crippen molar-refractivity contribution in [2.24, 2.45) is 9.98 Å². The van der Waals surface area contributed by atoms with Gasteiger partial charge in [0.15, 0.2) is 0 Å². The van der Waals surface area contributed by atoms with Crippen molar-refractivity contribution in [1.29, 1.82) is 0 Å². The monoisotopic (exact) mass is 538 g/mol. The molecule has 0 atom stereocenters. The van der Waals surface area contributed by atoms with E-state index in [1.54, 1.807) is 0 Å². The number of terminal acetylenes is 1. The highest BCUT2D eigenvalue weighted by atomic mass is 32.2. The SMILES string of the molecule is C#Cc1ccc(S(=O)(=O)NC(=O)CCN2c3ccc(N=C)cc3C3(CCCCC3)c3cc(N=C)ccc32)cc1. The van der Waals surface area contributed by atoms with Gasteiger partial charge < -0.3 is 4.90 Å². The largest absolute Gasteiger partial charge is 0.340 e. The summed E-state index contributed by atoms with van der Waals surface area (Å²) in [6, 6.07) is 17.9. The molecule has 1 N–H and O–H groups in total. The quantitative estimate of drug-likeness (QED) is 0.298. The molecule has 8 heteroatoms. The number of benzene rings is 3. The summed E-state index contributed by atoms with van der Waals surface area (Å²) in [5, 5.41) is 0. The van der Waals surface area contributed by atoms with Crippen LogP contribution in [0.15, 0.2) is 75.5 Å². The Labute approximate surface area is 229 Å². The van der Waals surface area contributed by atoms with Crippen LogP contribution >= 0.6 is 0 Å². The Bertz CT molecular complexity index is 1540. The fourth-order valence-corrected chi connectivity index (χ4v) is 6.91. The number of anilines is 2. The molecule has 1 amide bonds. The number of nitrogens with zero attached hydrogens (tertiary/aromatic N) is 3. The Morgan fingerprint density at radius 1 is 0.923 bits per heavy atom. The molecule has 5 rings (SSSR count). The molecular formula is C31H30N4O3S. The van der Waals surface area contributed by atoms with Crippen LogP contribution in [0.25, 0.3) is 0 Å². The second-order valence-electron chi connectivity index (χ2n) is 9.96. The maximum Gasteiger partial charge on any atom is 0.264 e. The summed E-state index contributed by atoms with van der Waals surface area (Å²) >= 11 is 0. The van der Waals surface area contributed by atoms with Gasteiger partial charge in [0, 0.05) is 35.3 Å². The number of hydrogen-bond donors (Lipinski definition) is 1. The molecule has 1 saturated carbocycles. The van der Waals surface area contributed by atoms with Gasteiger partial charge >= 0.3 is 0 Å². The van der Waals surface area contributed by atoms with Gasteiger partial charge in [-0.1, -0.05) is 25.2 Å². The van der Waals surface area contributed by atoms with E-state index in [0.29, 0.717) is 5.56 Å². The molecule has 0 unspecified atom stereocenters. The minimum atomic E-state index is -4.02. The summed E-state index contributed by atoms with van der Waals surface area (Å²) in [7, 11) is -4.02.